The van der Waals surface area contributed by atoms with Crippen LogP contribution in [0.2, 0.25) is 0 Å². The molecule has 1 heterocycles. The van der Waals surface area contributed by atoms with Gasteiger partial charge in [0, 0.05) is 32.0 Å². The van der Waals surface area contributed by atoms with Gasteiger partial charge in [-0.05, 0) is 43.9 Å². The number of carbonyl (C=O) groups excluding carboxylic acids is 1. The van der Waals surface area contributed by atoms with Gasteiger partial charge in [-0.1, -0.05) is 0 Å². The summed E-state index contributed by atoms with van der Waals surface area (Å²) in [5, 5.41) is 20.5. The minimum absolute atomic E-state index is 0.0152. The lowest BCUT2D eigenvalue weighted by atomic mass is 9.51. The Morgan fingerprint density at radius 1 is 1.32 bits per heavy atom. The van der Waals surface area contributed by atoms with Crippen molar-refractivity contribution in [3.63, 3.8) is 0 Å². The lowest BCUT2D eigenvalue weighted by Crippen LogP contribution is -3.01. The van der Waals surface area contributed by atoms with Gasteiger partial charge in [0.2, 0.25) is 0 Å². The van der Waals surface area contributed by atoms with Crippen LogP contribution in [0.4, 0.5) is 0 Å². The second-order valence-corrected chi connectivity index (χ2v) is 8.42. The number of amides is 1. The van der Waals surface area contributed by atoms with E-state index >= 15 is 0 Å². The van der Waals surface area contributed by atoms with E-state index in [0.717, 1.165) is 38.6 Å². The number of aliphatic hydroxyl groups is 1. The largest absolute Gasteiger partial charge is 0.390 e. The summed E-state index contributed by atoms with van der Waals surface area (Å²) in [4.78, 5) is 14.4. The molecule has 4 N–H and O–H groups in total. The zero-order valence-corrected chi connectivity index (χ0v) is 13.3. The van der Waals surface area contributed by atoms with E-state index in [2.05, 4.69) is 5.32 Å². The molecule has 5 rings (SSSR count). The van der Waals surface area contributed by atoms with Crippen molar-refractivity contribution >= 4 is 12.1 Å². The predicted molar refractivity (Wildman–Crippen MR) is 82.7 cm³/mol. The summed E-state index contributed by atoms with van der Waals surface area (Å²) in [6, 6.07) is 0.0152. The Hall–Kier alpha value is -0.940. The van der Waals surface area contributed by atoms with Crippen LogP contribution in [0, 0.1) is 17.2 Å². The molecule has 1 amide bonds. The van der Waals surface area contributed by atoms with Gasteiger partial charge in [-0.3, -0.25) is 4.79 Å². The Labute approximate surface area is 132 Å². The highest BCUT2D eigenvalue weighted by Gasteiger charge is 2.59. The highest BCUT2D eigenvalue weighted by molar-refractivity contribution is 5.81. The highest BCUT2D eigenvalue weighted by Crippen LogP contribution is 2.56. The standard InChI is InChI=1S/C17H27N3O2/c18-9-14-2-1-3-20(14)15(21)10-19-16-5-12-4-13(6-16)8-17(22,7-12)11-16/h9,12-14,18-19,22H,1-8,10-11H2/p+1/t12-,13+,14-,16?,17?/m0/s1. The van der Waals surface area contributed by atoms with E-state index < -0.39 is 5.60 Å². The van der Waals surface area contributed by atoms with Crippen molar-refractivity contribution in [3.8, 4) is 0 Å². The Morgan fingerprint density at radius 2 is 2.05 bits per heavy atom. The number of nitrogens with one attached hydrogen (secondary N) is 1. The van der Waals surface area contributed by atoms with E-state index in [1.54, 1.807) is 0 Å². The van der Waals surface area contributed by atoms with Gasteiger partial charge in [0.05, 0.1) is 17.2 Å². The van der Waals surface area contributed by atoms with E-state index in [0.29, 0.717) is 18.4 Å². The van der Waals surface area contributed by atoms with Crippen LogP contribution in [0.25, 0.3) is 0 Å². The van der Waals surface area contributed by atoms with Gasteiger partial charge in [0.1, 0.15) is 0 Å². The van der Waals surface area contributed by atoms with E-state index in [4.69, 9.17) is 5.41 Å². The fourth-order valence-corrected chi connectivity index (χ4v) is 6.22. The Balaban J connectivity index is 1.41. The summed E-state index contributed by atoms with van der Waals surface area (Å²) in [5.41, 5.74) is -0.344. The number of rotatable bonds is 4. The van der Waals surface area contributed by atoms with Crippen LogP contribution in [0.1, 0.15) is 51.4 Å². The average Bonchev–Trinajstić information content (AvgIpc) is 2.90. The molecule has 5 heteroatoms. The van der Waals surface area contributed by atoms with Gasteiger partial charge in [0.25, 0.3) is 5.91 Å². The van der Waals surface area contributed by atoms with Gasteiger partial charge >= 0.3 is 0 Å². The minimum atomic E-state index is -0.450. The van der Waals surface area contributed by atoms with Crippen LogP contribution in [0.15, 0.2) is 0 Å². The molecule has 0 aromatic heterocycles. The third-order valence-corrected chi connectivity index (χ3v) is 6.60. The number of carbonyl (C=O) groups is 1. The quantitative estimate of drug-likeness (QED) is 0.652. The first-order chi connectivity index (χ1) is 10.5. The van der Waals surface area contributed by atoms with Gasteiger partial charge < -0.3 is 20.7 Å². The maximum atomic E-state index is 12.5. The maximum Gasteiger partial charge on any atom is 0.278 e. The normalized spacial score (nSPS) is 46.2. The summed E-state index contributed by atoms with van der Waals surface area (Å²) < 4.78 is 0. The molecule has 4 saturated carbocycles. The minimum Gasteiger partial charge on any atom is -0.390 e. The van der Waals surface area contributed by atoms with Crippen LogP contribution < -0.4 is 5.32 Å². The first kappa shape index (κ1) is 14.6. The molecule has 5 aliphatic rings. The Bertz CT molecular complexity index is 478. The Morgan fingerprint density at radius 3 is 2.68 bits per heavy atom. The monoisotopic (exact) mass is 306 g/mol. The van der Waals surface area contributed by atoms with Crippen molar-refractivity contribution in [1.29, 1.82) is 5.41 Å². The second kappa shape index (κ2) is 5.03. The lowest BCUT2D eigenvalue weighted by molar-refractivity contribution is -0.732. The highest BCUT2D eigenvalue weighted by atomic mass is 16.3. The number of hydrogen-bond acceptors (Lipinski definition) is 3. The molecule has 1 aliphatic heterocycles. The summed E-state index contributed by atoms with van der Waals surface area (Å²) in [6.45, 7) is 1.29. The molecule has 0 aromatic carbocycles. The fraction of sp³-hybridized carbons (Fsp3) is 0.882. The SMILES string of the molecule is N=C[C@@H]1CCCN1C(=O)C[NH2+]C12C[C@@H]3C[C@@H](CC(O)(C3)C1)C2. The Kier molecular flexibility index (Phi) is 3.35. The molecule has 122 valence electrons. The molecule has 0 radical (unpaired) electrons. The molecule has 2 unspecified atom stereocenters. The zero-order chi connectivity index (χ0) is 15.4. The molecule has 4 aliphatic carbocycles. The van der Waals surface area contributed by atoms with Gasteiger partial charge in [-0.15, -0.1) is 0 Å². The summed E-state index contributed by atoms with van der Waals surface area (Å²) in [5.74, 6) is 1.51. The van der Waals surface area contributed by atoms with Crippen molar-refractivity contribution in [2.45, 2.75) is 68.5 Å². The van der Waals surface area contributed by atoms with Crippen LogP contribution in [-0.2, 0) is 4.79 Å². The number of nitrogens with zero attached hydrogens (tertiary/aromatic N) is 1. The molecule has 0 spiro atoms. The van der Waals surface area contributed by atoms with Crippen molar-refractivity contribution in [2.24, 2.45) is 11.8 Å². The third-order valence-electron chi connectivity index (χ3n) is 6.60. The van der Waals surface area contributed by atoms with Crippen LogP contribution >= 0.6 is 0 Å². The van der Waals surface area contributed by atoms with Crippen molar-refractivity contribution in [2.75, 3.05) is 13.1 Å². The van der Waals surface area contributed by atoms with Crippen molar-refractivity contribution < 1.29 is 15.2 Å². The van der Waals surface area contributed by atoms with E-state index in [1.807, 2.05) is 4.90 Å². The summed E-state index contributed by atoms with van der Waals surface area (Å²) in [7, 11) is 0. The number of hydrogen-bond donors (Lipinski definition) is 3. The topological polar surface area (TPSA) is 81.0 Å². The van der Waals surface area contributed by atoms with Crippen molar-refractivity contribution in [1.82, 2.24) is 4.90 Å². The van der Waals surface area contributed by atoms with Crippen LogP contribution in [-0.4, -0.2) is 52.4 Å². The maximum absolute atomic E-state index is 12.5. The first-order valence-corrected chi connectivity index (χ1v) is 8.88. The lowest BCUT2D eigenvalue weighted by Gasteiger charge is -2.58. The molecule has 22 heavy (non-hydrogen) atoms. The number of nitrogens with two attached hydrogens (primary N) is 1. The van der Waals surface area contributed by atoms with Gasteiger partial charge in [-0.2, -0.15) is 0 Å². The molecule has 4 bridgehead atoms. The van der Waals surface area contributed by atoms with E-state index in [9.17, 15) is 9.90 Å². The number of likely N-dealkylation sites (tertiary alicyclic amines) is 1. The molecular formula is C17H28N3O2+. The summed E-state index contributed by atoms with van der Waals surface area (Å²) >= 11 is 0. The fourth-order valence-electron chi connectivity index (χ4n) is 6.22. The summed E-state index contributed by atoms with van der Waals surface area (Å²) in [6.07, 6.45) is 9.83. The zero-order valence-electron chi connectivity index (χ0n) is 13.3. The average molecular weight is 306 g/mol. The van der Waals surface area contributed by atoms with Crippen LogP contribution in [0.5, 0.6) is 0 Å². The molecule has 5 nitrogen and oxygen atoms in total. The third kappa shape index (κ3) is 2.38. The number of quaternary nitrogens is 1. The predicted octanol–water partition coefficient (Wildman–Crippen LogP) is 0.274. The molecule has 5 fully saturated rings. The molecule has 0 aromatic rings. The first-order valence-electron chi connectivity index (χ1n) is 8.88. The molecule has 1 saturated heterocycles. The smallest absolute Gasteiger partial charge is 0.278 e. The molecular weight excluding hydrogens is 278 g/mol. The van der Waals surface area contributed by atoms with E-state index in [-0.39, 0.29) is 17.5 Å². The van der Waals surface area contributed by atoms with Crippen molar-refractivity contribution in [3.05, 3.63) is 0 Å². The van der Waals surface area contributed by atoms with Gasteiger partial charge in [0.15, 0.2) is 6.54 Å². The van der Waals surface area contributed by atoms with Gasteiger partial charge in [-0.25, -0.2) is 0 Å². The van der Waals surface area contributed by atoms with Crippen LogP contribution in [0.3, 0.4) is 0 Å². The second-order valence-electron chi connectivity index (χ2n) is 8.42. The molecule has 5 atom stereocenters. The van der Waals surface area contributed by atoms with E-state index in [1.165, 1.54) is 25.5 Å².